The Morgan fingerprint density at radius 2 is 1.69 bits per heavy atom. The lowest BCUT2D eigenvalue weighted by atomic mass is 10.2. The maximum Gasteiger partial charge on any atom is 0.157 e. The molecule has 0 amide bonds. The third-order valence-corrected chi connectivity index (χ3v) is 5.35. The molecule has 0 bridgehead atoms. The van der Waals surface area contributed by atoms with Gasteiger partial charge in [-0.25, -0.2) is 8.42 Å². The van der Waals surface area contributed by atoms with Gasteiger partial charge in [-0.3, -0.25) is 0 Å². The lowest BCUT2D eigenvalue weighted by molar-refractivity contribution is 0.537. The molecule has 13 heavy (non-hydrogen) atoms. The monoisotopic (exact) mass is 206 g/mol. The molecule has 0 radical (unpaired) electrons. The highest BCUT2D eigenvalue weighted by molar-refractivity contribution is 7.93. The van der Waals surface area contributed by atoms with Gasteiger partial charge in [-0.05, 0) is 34.1 Å². The van der Waals surface area contributed by atoms with Gasteiger partial charge < -0.3 is 0 Å². The molecule has 2 nitrogen and oxygen atoms in total. The van der Waals surface area contributed by atoms with Crippen molar-refractivity contribution >= 4 is 9.84 Å². The van der Waals surface area contributed by atoms with E-state index in [2.05, 4.69) is 6.92 Å². The van der Waals surface area contributed by atoms with E-state index in [0.29, 0.717) is 0 Å². The molecule has 0 saturated carbocycles. The minimum atomic E-state index is -2.95. The molecule has 0 aliphatic rings. The maximum atomic E-state index is 11.9. The van der Waals surface area contributed by atoms with Crippen molar-refractivity contribution in [2.75, 3.05) is 0 Å². The molecule has 1 atom stereocenters. The third kappa shape index (κ3) is 3.29. The lowest BCUT2D eigenvalue weighted by Gasteiger charge is -2.24. The number of unbranched alkanes of at least 4 members (excludes halogenated alkanes) is 1. The first kappa shape index (κ1) is 12.9. The van der Waals surface area contributed by atoms with Gasteiger partial charge in [0.2, 0.25) is 0 Å². The molecule has 0 aromatic carbocycles. The van der Waals surface area contributed by atoms with Crippen LogP contribution >= 0.6 is 0 Å². The van der Waals surface area contributed by atoms with Crippen molar-refractivity contribution in [3.8, 4) is 0 Å². The minimum absolute atomic E-state index is 0.201. The molecular weight excluding hydrogens is 184 g/mol. The summed E-state index contributed by atoms with van der Waals surface area (Å²) in [4.78, 5) is 0. The normalized spacial score (nSPS) is 15.8. The van der Waals surface area contributed by atoms with Crippen LogP contribution in [-0.4, -0.2) is 18.4 Å². The lowest BCUT2D eigenvalue weighted by Crippen LogP contribution is -2.35. The van der Waals surface area contributed by atoms with Gasteiger partial charge in [-0.1, -0.05) is 19.8 Å². The van der Waals surface area contributed by atoms with E-state index in [-0.39, 0.29) is 5.25 Å². The molecule has 0 aromatic rings. The zero-order chi connectivity index (χ0) is 10.7. The summed E-state index contributed by atoms with van der Waals surface area (Å²) in [5, 5.41) is -0.201. The van der Waals surface area contributed by atoms with Crippen LogP contribution in [0.4, 0.5) is 0 Å². The zero-order valence-corrected chi connectivity index (χ0v) is 10.2. The molecule has 0 aliphatic carbocycles. The first-order chi connectivity index (χ1) is 5.73. The van der Waals surface area contributed by atoms with E-state index in [1.807, 2.05) is 6.92 Å². The summed E-state index contributed by atoms with van der Waals surface area (Å²) in [6, 6.07) is 0. The first-order valence-corrected chi connectivity index (χ1v) is 6.51. The van der Waals surface area contributed by atoms with Gasteiger partial charge in [0.1, 0.15) is 0 Å². The van der Waals surface area contributed by atoms with Gasteiger partial charge in [0.05, 0.1) is 10.00 Å². The molecule has 80 valence electrons. The second kappa shape index (κ2) is 4.45. The summed E-state index contributed by atoms with van der Waals surface area (Å²) in [6.07, 6.45) is 2.84. The highest BCUT2D eigenvalue weighted by Crippen LogP contribution is 2.23. The van der Waals surface area contributed by atoms with Crippen LogP contribution in [0.15, 0.2) is 0 Å². The summed E-state index contributed by atoms with van der Waals surface area (Å²) in [5.41, 5.74) is 0. The van der Waals surface area contributed by atoms with E-state index < -0.39 is 14.6 Å². The third-order valence-electron chi connectivity index (χ3n) is 2.35. The molecule has 0 aromatic heterocycles. The predicted octanol–water partition coefficient (Wildman–Crippen LogP) is 2.78. The standard InChI is InChI=1S/C10H22O2S/c1-6-7-8-9(2)13(11,12)10(3,4)5/h9H,6-8H2,1-5H3. The molecule has 3 heteroatoms. The summed E-state index contributed by atoms with van der Waals surface area (Å²) in [5.74, 6) is 0. The van der Waals surface area contributed by atoms with E-state index in [1.165, 1.54) is 0 Å². The molecule has 1 unspecified atom stereocenters. The predicted molar refractivity (Wildman–Crippen MR) is 57.7 cm³/mol. The fourth-order valence-corrected chi connectivity index (χ4v) is 2.93. The van der Waals surface area contributed by atoms with Gasteiger partial charge in [-0.15, -0.1) is 0 Å². The van der Waals surface area contributed by atoms with Gasteiger partial charge in [-0.2, -0.15) is 0 Å². The van der Waals surface area contributed by atoms with Gasteiger partial charge in [0.15, 0.2) is 9.84 Å². The van der Waals surface area contributed by atoms with Crippen molar-refractivity contribution in [1.82, 2.24) is 0 Å². The second-order valence-corrected chi connectivity index (χ2v) is 7.73. The molecule has 0 aliphatic heterocycles. The smallest absolute Gasteiger partial charge is 0.157 e. The van der Waals surface area contributed by atoms with Crippen LogP contribution < -0.4 is 0 Å². The Hall–Kier alpha value is -0.0500. The van der Waals surface area contributed by atoms with Crippen LogP contribution in [0, 0.1) is 0 Å². The second-order valence-electron chi connectivity index (χ2n) is 4.61. The molecular formula is C10H22O2S. The van der Waals surface area contributed by atoms with E-state index in [9.17, 15) is 8.42 Å². The van der Waals surface area contributed by atoms with Crippen LogP contribution in [0.1, 0.15) is 53.9 Å². The summed E-state index contributed by atoms with van der Waals surface area (Å²) < 4.78 is 23.1. The summed E-state index contributed by atoms with van der Waals surface area (Å²) in [6.45, 7) is 9.20. The van der Waals surface area contributed by atoms with Crippen LogP contribution in [0.3, 0.4) is 0 Å². The van der Waals surface area contributed by atoms with Crippen molar-refractivity contribution < 1.29 is 8.42 Å². The van der Waals surface area contributed by atoms with Crippen LogP contribution in [0.5, 0.6) is 0 Å². The minimum Gasteiger partial charge on any atom is -0.228 e. The van der Waals surface area contributed by atoms with Crippen molar-refractivity contribution in [3.63, 3.8) is 0 Å². The van der Waals surface area contributed by atoms with Crippen molar-refractivity contribution in [2.45, 2.75) is 63.9 Å². The fraction of sp³-hybridized carbons (Fsp3) is 1.00. The Labute approximate surface area is 82.6 Å². The average Bonchev–Trinajstić information content (AvgIpc) is 1.97. The number of sulfone groups is 1. The molecule has 0 heterocycles. The van der Waals surface area contributed by atoms with Gasteiger partial charge in [0, 0.05) is 0 Å². The maximum absolute atomic E-state index is 11.9. The van der Waals surface area contributed by atoms with Crippen LogP contribution in [0.2, 0.25) is 0 Å². The molecule has 0 spiro atoms. The highest BCUT2D eigenvalue weighted by atomic mass is 32.2. The topological polar surface area (TPSA) is 34.1 Å². The van der Waals surface area contributed by atoms with Gasteiger partial charge in [0.25, 0.3) is 0 Å². The Kier molecular flexibility index (Phi) is 4.43. The van der Waals surface area contributed by atoms with Gasteiger partial charge >= 0.3 is 0 Å². The van der Waals surface area contributed by atoms with E-state index >= 15 is 0 Å². The first-order valence-electron chi connectivity index (χ1n) is 4.97. The number of hydrogen-bond donors (Lipinski definition) is 0. The summed E-state index contributed by atoms with van der Waals surface area (Å²) in [7, 11) is -2.95. The Balaban J connectivity index is 4.48. The number of hydrogen-bond acceptors (Lipinski definition) is 2. The molecule has 0 fully saturated rings. The van der Waals surface area contributed by atoms with Crippen LogP contribution in [-0.2, 0) is 9.84 Å². The molecule has 0 rings (SSSR count). The average molecular weight is 206 g/mol. The van der Waals surface area contributed by atoms with Crippen molar-refractivity contribution in [1.29, 1.82) is 0 Å². The summed E-state index contributed by atoms with van der Waals surface area (Å²) >= 11 is 0. The Morgan fingerprint density at radius 1 is 1.23 bits per heavy atom. The van der Waals surface area contributed by atoms with Crippen LogP contribution in [0.25, 0.3) is 0 Å². The Bertz CT molecular complexity index is 234. The largest absolute Gasteiger partial charge is 0.228 e. The quantitative estimate of drug-likeness (QED) is 0.709. The fourth-order valence-electron chi connectivity index (χ4n) is 1.25. The van der Waals surface area contributed by atoms with E-state index in [1.54, 1.807) is 20.8 Å². The molecule has 0 saturated heterocycles. The van der Waals surface area contributed by atoms with E-state index in [0.717, 1.165) is 19.3 Å². The molecule has 0 N–H and O–H groups in total. The number of rotatable bonds is 4. The highest BCUT2D eigenvalue weighted by Gasteiger charge is 2.33. The SMILES string of the molecule is CCCCC(C)S(=O)(=O)C(C)(C)C. The van der Waals surface area contributed by atoms with Crippen molar-refractivity contribution in [2.24, 2.45) is 0 Å². The van der Waals surface area contributed by atoms with Crippen molar-refractivity contribution in [3.05, 3.63) is 0 Å². The van der Waals surface area contributed by atoms with E-state index in [4.69, 9.17) is 0 Å². The zero-order valence-electron chi connectivity index (χ0n) is 9.42. The Morgan fingerprint density at radius 3 is 2.00 bits per heavy atom.